The minimum Gasteiger partial charge on any atom is -0.455 e. The third-order valence-corrected chi connectivity index (χ3v) is 29.8. The highest BCUT2D eigenvalue weighted by atomic mass is 16.3. The van der Waals surface area contributed by atoms with E-state index in [0.717, 1.165) is 185 Å². The molecule has 0 radical (unpaired) electrons. The largest absolute Gasteiger partial charge is 0.455 e. The Morgan fingerprint density at radius 1 is 0.121 bits per heavy atom. The summed E-state index contributed by atoms with van der Waals surface area (Å²) in [5.41, 5.74) is 15.7. The van der Waals surface area contributed by atoms with Crippen LogP contribution in [0.5, 0.6) is 0 Å². The molecule has 0 atom stereocenters. The van der Waals surface area contributed by atoms with Crippen LogP contribution in [-0.2, 0) is 0 Å². The molecule has 0 saturated heterocycles. The molecule has 0 aliphatic rings. The smallest absolute Gasteiger partial charge is 0.143 e. The van der Waals surface area contributed by atoms with Gasteiger partial charge in [-0.05, 0) is 308 Å². The molecule has 29 aromatic carbocycles. The lowest BCUT2D eigenvalue weighted by Crippen LogP contribution is -1.92. The summed E-state index contributed by atoms with van der Waals surface area (Å²) in [6, 6.07) is 118. The Kier molecular flexibility index (Phi) is 14.9. The summed E-state index contributed by atoms with van der Waals surface area (Å²) >= 11 is 0. The molecule has 0 N–H and O–H groups in total. The van der Waals surface area contributed by atoms with Crippen molar-refractivity contribution in [3.63, 3.8) is 0 Å². The molecule has 0 spiro atoms. The highest BCUT2D eigenvalue weighted by Crippen LogP contribution is 2.52. The van der Waals surface area contributed by atoms with Crippen molar-refractivity contribution in [1.29, 1.82) is 0 Å². The molecule has 0 aliphatic carbocycles. The normalized spacial score (nSPS) is 14.1. The summed E-state index contributed by atoms with van der Waals surface area (Å²) in [4.78, 5) is 0. The standard InChI is InChI=1S/2C50H30O.C46H28O/c1-4-14-37-32(11-1)25-27-44-45-29-34(26-28-47(45)51-50(37)44)31-21-23-33(24-22-31)48-40-17-7-9-19-42(40)49(43-20-10-8-18-41(43)48)46-30-35-12-2-3-13-36(35)38-15-5-6-16-39(38)46;1-3-11-38-32(9-1)19-22-36-29-37(24-26-39(36)38)49-43-15-7-5-13-41(43)48(42-14-6-8-16-44(42)49)34-20-17-31(18-21-34)35-25-28-47-46(30-35)45-27-23-33-10-2-4-12-40(33)50(45)51-47;1-2-11-33-27-35(22-19-29(33)9-1)45-39-15-7-5-13-37(39)44(38-14-6-8-16-40(38)45)32-20-17-30(18-21-32)34-24-26-43-42(28-34)41-25-23-31-10-3-4-12-36(31)46(41)47-43/h2*1-30H;1-28H/i7D,8D,9D,10D,17D,18D,19D,20D;2*5D,6D,7D,8D,13D,14D,15D,16D. The van der Waals surface area contributed by atoms with Gasteiger partial charge in [-0.15, -0.1) is 0 Å². The quantitative estimate of drug-likeness (QED) is 0.107. The second kappa shape index (κ2) is 34.6. The topological polar surface area (TPSA) is 39.4 Å². The van der Waals surface area contributed by atoms with Crippen molar-refractivity contribution in [3.8, 4) is 100 Å². The Bertz CT molecular complexity index is 12600. The predicted octanol–water partition coefficient (Wildman–Crippen LogP) is 41.9. The van der Waals surface area contributed by atoms with Crippen molar-refractivity contribution in [2.24, 2.45) is 0 Å². The van der Waals surface area contributed by atoms with Gasteiger partial charge in [0.15, 0.2) is 0 Å². The summed E-state index contributed by atoms with van der Waals surface area (Å²) in [7, 11) is 0. The van der Waals surface area contributed by atoms with Gasteiger partial charge in [-0.25, -0.2) is 0 Å². The maximum absolute atomic E-state index is 9.45. The Hall–Kier alpha value is -19.6. The maximum Gasteiger partial charge on any atom is 0.143 e. The zero-order chi connectivity index (χ0) is 119. The van der Waals surface area contributed by atoms with Crippen LogP contribution in [0, 0.1) is 0 Å². The fraction of sp³-hybridized carbons (Fsp3) is 0. The second-order valence-corrected chi connectivity index (χ2v) is 37.9. The van der Waals surface area contributed by atoms with Crippen molar-refractivity contribution < 1.29 is 46.1 Å². The average molecular weight is 1910 g/mol. The molecule has 3 aromatic heterocycles. The molecule has 32 aromatic rings. The van der Waals surface area contributed by atoms with Crippen molar-refractivity contribution in [1.82, 2.24) is 0 Å². The van der Waals surface area contributed by atoms with E-state index in [0.29, 0.717) is 66.8 Å². The molecule has 149 heavy (non-hydrogen) atoms. The molecule has 0 unspecified atom stereocenters. The maximum atomic E-state index is 9.45. The van der Waals surface area contributed by atoms with Crippen molar-refractivity contribution >= 4 is 217 Å². The first kappa shape index (κ1) is 64.1. The van der Waals surface area contributed by atoms with Crippen LogP contribution in [0.3, 0.4) is 0 Å². The number of hydrogen-bond acceptors (Lipinski definition) is 3. The zero-order valence-corrected chi connectivity index (χ0v) is 79.2. The van der Waals surface area contributed by atoms with Gasteiger partial charge in [0, 0.05) is 48.5 Å². The van der Waals surface area contributed by atoms with Gasteiger partial charge >= 0.3 is 0 Å². The van der Waals surface area contributed by atoms with Crippen LogP contribution in [0.2, 0.25) is 0 Å². The second-order valence-electron chi connectivity index (χ2n) is 37.9. The third-order valence-electron chi connectivity index (χ3n) is 29.8. The molecule has 0 aliphatic heterocycles. The van der Waals surface area contributed by atoms with Gasteiger partial charge in [0.2, 0.25) is 0 Å². The van der Waals surface area contributed by atoms with Crippen LogP contribution in [-0.4, -0.2) is 0 Å². The number of benzene rings is 29. The summed E-state index contributed by atoms with van der Waals surface area (Å²) in [6.45, 7) is 0. The van der Waals surface area contributed by atoms with E-state index < -0.39 is 72.5 Å². The number of hydrogen-bond donors (Lipinski definition) is 0. The van der Waals surface area contributed by atoms with Crippen LogP contribution in [0.4, 0.5) is 0 Å². The van der Waals surface area contributed by atoms with E-state index in [1.807, 2.05) is 291 Å². The van der Waals surface area contributed by atoms with Crippen LogP contribution in [0.15, 0.2) is 547 Å². The number of fused-ring (bicyclic) bond motifs is 28. The molecule has 0 bridgehead atoms. The van der Waals surface area contributed by atoms with Crippen molar-refractivity contribution in [3.05, 3.63) is 533 Å². The first-order chi connectivity index (χ1) is 83.8. The molecule has 3 heteroatoms. The van der Waals surface area contributed by atoms with Crippen LogP contribution < -0.4 is 0 Å². The van der Waals surface area contributed by atoms with Gasteiger partial charge < -0.3 is 13.3 Å². The van der Waals surface area contributed by atoms with Gasteiger partial charge in [-0.2, -0.15) is 0 Å². The van der Waals surface area contributed by atoms with Crippen LogP contribution in [0.1, 0.15) is 32.9 Å². The lowest BCUT2D eigenvalue weighted by atomic mass is 9.83. The number of furan rings is 3. The summed E-state index contributed by atoms with van der Waals surface area (Å²) in [5.74, 6) is 0. The zero-order valence-electron chi connectivity index (χ0n) is 103. The summed E-state index contributed by atoms with van der Waals surface area (Å²) in [6.07, 6.45) is 0. The highest BCUT2D eigenvalue weighted by Gasteiger charge is 2.26. The Labute approximate surface area is 891 Å². The lowest BCUT2D eigenvalue weighted by molar-refractivity contribution is 0.672. The van der Waals surface area contributed by atoms with Crippen LogP contribution >= 0.6 is 0 Å². The monoisotopic (exact) mass is 1910 g/mol. The Morgan fingerprint density at radius 2 is 0.342 bits per heavy atom. The summed E-state index contributed by atoms with van der Waals surface area (Å²) < 4.78 is 237. The molecular formula is C146H88O3. The molecule has 32 rings (SSSR count). The van der Waals surface area contributed by atoms with E-state index in [4.69, 9.17) is 29.7 Å². The SMILES string of the molecule is [2H]c1c([2H])c([2H])c2c(-c3cc4ccccc4c4ccccc34)c3c([2H])c([2H])c([2H])c([2H])c3c(-c3ccc(-c4ccc5oc6c7ccccc7ccc6c5c4)cc3)c2c1[2H].[2H]c1c([2H])c([2H])c2c(-c3ccc4c(ccc5ccccc54)c3)c3c([2H])c([2H])c([2H])c([2H])c3c(-c3ccc(-c4ccc5oc6c7ccccc7ccc6c5c4)cc3)c2c1[2H].[2H]c1c([2H])c([2H])c2c(-c3ccc4ccccc4c3)c3c([2H])c([2H])c([2H])c([2H])c3c(-c3ccc(-c4ccc5oc6c7ccccc7ccc6c5c4)cc3)c2c1[2H]. The fourth-order valence-electron chi connectivity index (χ4n) is 22.9. The van der Waals surface area contributed by atoms with E-state index in [1.165, 1.54) is 0 Å². The Balaban J connectivity index is 0.000000114. The fourth-order valence-corrected chi connectivity index (χ4v) is 22.9. The minimum absolute atomic E-state index is 0.187. The van der Waals surface area contributed by atoms with Crippen molar-refractivity contribution in [2.75, 3.05) is 0 Å². The number of rotatable bonds is 9. The van der Waals surface area contributed by atoms with E-state index in [9.17, 15) is 16.4 Å². The van der Waals surface area contributed by atoms with Gasteiger partial charge in [-0.1, -0.05) is 460 Å². The van der Waals surface area contributed by atoms with Crippen LogP contribution in [0.25, 0.3) is 317 Å². The minimum atomic E-state index is -0.428. The lowest BCUT2D eigenvalue weighted by Gasteiger charge is -2.19. The highest BCUT2D eigenvalue weighted by molar-refractivity contribution is 6.29. The first-order valence-electron chi connectivity index (χ1n) is 61.4. The van der Waals surface area contributed by atoms with Gasteiger partial charge in [-0.3, -0.25) is 0 Å². The van der Waals surface area contributed by atoms with Gasteiger partial charge in [0.25, 0.3) is 0 Å². The molecule has 0 saturated carbocycles. The molecule has 0 fully saturated rings. The third kappa shape index (κ3) is 14.0. The van der Waals surface area contributed by atoms with Gasteiger partial charge in [0.05, 0.1) is 32.9 Å². The van der Waals surface area contributed by atoms with Gasteiger partial charge in [0.1, 0.15) is 33.5 Å². The molecular weight excluding hydrogens is 1800 g/mol. The molecule has 690 valence electrons. The van der Waals surface area contributed by atoms with E-state index in [-0.39, 0.29) is 137 Å². The van der Waals surface area contributed by atoms with E-state index in [2.05, 4.69) is 97.1 Å². The predicted molar refractivity (Wildman–Crippen MR) is 635 cm³/mol. The van der Waals surface area contributed by atoms with Crippen molar-refractivity contribution in [2.45, 2.75) is 0 Å². The molecule has 0 amide bonds. The molecule has 3 heterocycles. The molecule has 3 nitrogen and oxygen atoms in total. The van der Waals surface area contributed by atoms with E-state index >= 15 is 0 Å². The van der Waals surface area contributed by atoms with E-state index in [1.54, 1.807) is 0 Å². The summed E-state index contributed by atoms with van der Waals surface area (Å²) in [5, 5.41) is 24.2. The average Bonchev–Trinajstić information content (AvgIpc) is 1.09. The first-order valence-corrected chi connectivity index (χ1v) is 49.4. The Morgan fingerprint density at radius 3 is 0.711 bits per heavy atom.